The van der Waals surface area contributed by atoms with Gasteiger partial charge in [-0.15, -0.1) is 0 Å². The van der Waals surface area contributed by atoms with E-state index in [0.29, 0.717) is 31.7 Å². The average molecular weight is 359 g/mol. The number of aliphatic hydroxyl groups is 1. The summed E-state index contributed by atoms with van der Waals surface area (Å²) < 4.78 is 5.86. The van der Waals surface area contributed by atoms with E-state index in [9.17, 15) is 9.59 Å². The van der Waals surface area contributed by atoms with Crippen molar-refractivity contribution in [2.24, 2.45) is 0 Å². The van der Waals surface area contributed by atoms with E-state index in [-0.39, 0.29) is 25.0 Å². The Labute approximate surface area is 132 Å². The van der Waals surface area contributed by atoms with Gasteiger partial charge in [-0.1, -0.05) is 22.0 Å². The summed E-state index contributed by atoms with van der Waals surface area (Å²) in [5.41, 5.74) is 0.495. The number of halogens is 1. The van der Waals surface area contributed by atoms with E-state index in [0.717, 1.165) is 4.47 Å². The van der Waals surface area contributed by atoms with Gasteiger partial charge in [0.15, 0.2) is 0 Å². The second-order valence-corrected chi connectivity index (χ2v) is 5.15. The molecule has 6 nitrogen and oxygen atoms in total. The third-order valence-electron chi connectivity index (χ3n) is 2.52. The van der Waals surface area contributed by atoms with Crippen molar-refractivity contribution in [3.8, 4) is 0 Å². The number of carbonyl (C=O) groups excluding carboxylic acids is 2. The van der Waals surface area contributed by atoms with Crippen LogP contribution in [0, 0.1) is 0 Å². The number of hydrogen-bond acceptors (Lipinski definition) is 4. The Balaban J connectivity index is 2.16. The van der Waals surface area contributed by atoms with Gasteiger partial charge < -0.3 is 20.5 Å². The number of amides is 2. The molecule has 1 rings (SSSR count). The quantitative estimate of drug-likeness (QED) is 0.567. The summed E-state index contributed by atoms with van der Waals surface area (Å²) >= 11 is 3.28. The average Bonchev–Trinajstić information content (AvgIpc) is 2.48. The number of aliphatic hydroxyl groups excluding tert-OH is 1. The van der Waals surface area contributed by atoms with Crippen molar-refractivity contribution in [1.29, 1.82) is 0 Å². The van der Waals surface area contributed by atoms with Gasteiger partial charge in [0.25, 0.3) is 5.91 Å². The first-order valence-corrected chi connectivity index (χ1v) is 7.42. The highest BCUT2D eigenvalue weighted by Crippen LogP contribution is 2.11. The van der Waals surface area contributed by atoms with E-state index in [1.54, 1.807) is 18.2 Å². The number of benzene rings is 1. The minimum absolute atomic E-state index is 0.00596. The first-order chi connectivity index (χ1) is 10.1. The maximum absolute atomic E-state index is 11.8. The van der Waals surface area contributed by atoms with E-state index in [2.05, 4.69) is 26.6 Å². The molecule has 7 heteroatoms. The van der Waals surface area contributed by atoms with Crippen molar-refractivity contribution in [2.45, 2.75) is 6.42 Å². The molecule has 0 heterocycles. The van der Waals surface area contributed by atoms with Crippen LogP contribution >= 0.6 is 15.9 Å². The van der Waals surface area contributed by atoms with Crippen molar-refractivity contribution in [3.05, 3.63) is 34.3 Å². The summed E-state index contributed by atoms with van der Waals surface area (Å²) in [5.74, 6) is -0.543. The number of nitrogens with one attached hydrogen (secondary N) is 2. The zero-order chi connectivity index (χ0) is 15.5. The summed E-state index contributed by atoms with van der Waals surface area (Å²) in [5, 5.41) is 13.7. The molecule has 0 saturated heterocycles. The second kappa shape index (κ2) is 10.3. The standard InChI is InChI=1S/C14H19BrN2O4/c15-12-4-1-3-11(9-12)14(20)17-10-13(19)16-5-2-7-21-8-6-18/h1,3-4,9,18H,2,5-8,10H2,(H,16,19)(H,17,20). The SMILES string of the molecule is O=C(CNC(=O)c1cccc(Br)c1)NCCCOCCO. The van der Waals surface area contributed by atoms with Crippen molar-refractivity contribution >= 4 is 27.7 Å². The van der Waals surface area contributed by atoms with Gasteiger partial charge in [-0.25, -0.2) is 0 Å². The van der Waals surface area contributed by atoms with E-state index in [4.69, 9.17) is 9.84 Å². The Morgan fingerprint density at radius 1 is 1.24 bits per heavy atom. The lowest BCUT2D eigenvalue weighted by Crippen LogP contribution is -2.37. The Kier molecular flexibility index (Phi) is 8.65. The lowest BCUT2D eigenvalue weighted by molar-refractivity contribution is -0.120. The van der Waals surface area contributed by atoms with E-state index >= 15 is 0 Å². The fourth-order valence-electron chi connectivity index (χ4n) is 1.52. The Morgan fingerprint density at radius 3 is 2.76 bits per heavy atom. The molecule has 0 spiro atoms. The predicted octanol–water partition coefficient (Wildman–Crippen LogP) is 0.694. The molecule has 0 bridgehead atoms. The maximum Gasteiger partial charge on any atom is 0.251 e. The summed E-state index contributed by atoms with van der Waals surface area (Å²) in [6.07, 6.45) is 0.658. The van der Waals surface area contributed by atoms with Gasteiger partial charge in [0.05, 0.1) is 19.8 Å². The van der Waals surface area contributed by atoms with Crippen LogP contribution in [0.2, 0.25) is 0 Å². The molecule has 0 aliphatic rings. The first kappa shape index (κ1) is 17.6. The lowest BCUT2D eigenvalue weighted by Gasteiger charge is -2.07. The lowest BCUT2D eigenvalue weighted by atomic mass is 10.2. The summed E-state index contributed by atoms with van der Waals surface area (Å²) in [6, 6.07) is 6.94. The smallest absolute Gasteiger partial charge is 0.251 e. The largest absolute Gasteiger partial charge is 0.394 e. The number of carbonyl (C=O) groups is 2. The fourth-order valence-corrected chi connectivity index (χ4v) is 1.92. The number of hydrogen-bond donors (Lipinski definition) is 3. The molecule has 116 valence electrons. The topological polar surface area (TPSA) is 87.7 Å². The molecular formula is C14H19BrN2O4. The zero-order valence-electron chi connectivity index (χ0n) is 11.6. The third kappa shape index (κ3) is 7.79. The molecule has 3 N–H and O–H groups in total. The molecule has 1 aromatic carbocycles. The fraction of sp³-hybridized carbons (Fsp3) is 0.429. The highest BCUT2D eigenvalue weighted by atomic mass is 79.9. The Bertz CT molecular complexity index is 468. The van der Waals surface area contributed by atoms with Crippen LogP contribution in [-0.4, -0.2) is 49.8 Å². The third-order valence-corrected chi connectivity index (χ3v) is 3.01. The first-order valence-electron chi connectivity index (χ1n) is 6.62. The normalized spacial score (nSPS) is 10.2. The molecular weight excluding hydrogens is 340 g/mol. The highest BCUT2D eigenvalue weighted by molar-refractivity contribution is 9.10. The summed E-state index contributed by atoms with van der Waals surface area (Å²) in [6.45, 7) is 1.18. The van der Waals surface area contributed by atoms with Crippen LogP contribution in [0.1, 0.15) is 16.8 Å². The van der Waals surface area contributed by atoms with Gasteiger partial charge in [0.1, 0.15) is 0 Å². The van der Waals surface area contributed by atoms with E-state index < -0.39 is 0 Å². The number of rotatable bonds is 9. The zero-order valence-corrected chi connectivity index (χ0v) is 13.2. The van der Waals surface area contributed by atoms with Gasteiger partial charge in [-0.2, -0.15) is 0 Å². The Morgan fingerprint density at radius 2 is 2.05 bits per heavy atom. The molecule has 0 atom stereocenters. The van der Waals surface area contributed by atoms with Crippen LogP contribution in [0.3, 0.4) is 0 Å². The minimum Gasteiger partial charge on any atom is -0.394 e. The van der Waals surface area contributed by atoms with Crippen LogP contribution in [0.25, 0.3) is 0 Å². The van der Waals surface area contributed by atoms with Gasteiger partial charge in [0, 0.05) is 23.2 Å². The van der Waals surface area contributed by atoms with Crippen molar-refractivity contribution in [2.75, 3.05) is 32.9 Å². The van der Waals surface area contributed by atoms with Gasteiger partial charge in [0.2, 0.25) is 5.91 Å². The van der Waals surface area contributed by atoms with Gasteiger partial charge in [-0.05, 0) is 24.6 Å². The monoisotopic (exact) mass is 358 g/mol. The number of ether oxygens (including phenoxy) is 1. The van der Waals surface area contributed by atoms with Crippen molar-refractivity contribution < 1.29 is 19.4 Å². The van der Waals surface area contributed by atoms with Crippen molar-refractivity contribution in [1.82, 2.24) is 10.6 Å². The maximum atomic E-state index is 11.8. The molecule has 0 radical (unpaired) electrons. The van der Waals surface area contributed by atoms with Crippen LogP contribution < -0.4 is 10.6 Å². The molecule has 0 unspecified atom stereocenters. The summed E-state index contributed by atoms with van der Waals surface area (Å²) in [7, 11) is 0. The minimum atomic E-state index is -0.294. The van der Waals surface area contributed by atoms with Gasteiger partial charge >= 0.3 is 0 Å². The molecule has 0 aliphatic carbocycles. The molecule has 0 aliphatic heterocycles. The molecule has 0 saturated carbocycles. The van der Waals surface area contributed by atoms with Crippen LogP contribution in [0.4, 0.5) is 0 Å². The van der Waals surface area contributed by atoms with E-state index in [1.807, 2.05) is 6.07 Å². The molecule has 2 amide bonds. The van der Waals surface area contributed by atoms with Gasteiger partial charge in [-0.3, -0.25) is 9.59 Å². The van der Waals surface area contributed by atoms with E-state index in [1.165, 1.54) is 0 Å². The molecule has 21 heavy (non-hydrogen) atoms. The van der Waals surface area contributed by atoms with Crippen LogP contribution in [0.5, 0.6) is 0 Å². The molecule has 1 aromatic rings. The second-order valence-electron chi connectivity index (χ2n) is 4.23. The summed E-state index contributed by atoms with van der Waals surface area (Å²) in [4.78, 5) is 23.3. The van der Waals surface area contributed by atoms with Crippen molar-refractivity contribution in [3.63, 3.8) is 0 Å². The molecule has 0 fully saturated rings. The predicted molar refractivity (Wildman–Crippen MR) is 82.0 cm³/mol. The van der Waals surface area contributed by atoms with Crippen LogP contribution in [0.15, 0.2) is 28.7 Å². The highest BCUT2D eigenvalue weighted by Gasteiger charge is 2.07. The molecule has 0 aromatic heterocycles. The van der Waals surface area contributed by atoms with Crippen LogP contribution in [-0.2, 0) is 9.53 Å². The Hall–Kier alpha value is -1.44.